The zero-order chi connectivity index (χ0) is 19.8. The molecule has 1 aliphatic rings. The molecular weight excluding hydrogens is 364 g/mol. The number of hydrogen-bond acceptors (Lipinski definition) is 4. The van der Waals surface area contributed by atoms with E-state index in [4.69, 9.17) is 13.9 Å². The largest absolute Gasteiger partial charge is 0.497 e. The maximum atomic E-state index is 13.3. The Bertz CT molecular complexity index is 1190. The lowest BCUT2D eigenvalue weighted by atomic mass is 9.95. The first-order chi connectivity index (χ1) is 14.2. The van der Waals surface area contributed by atoms with Crippen molar-refractivity contribution in [3.05, 3.63) is 83.6 Å². The fraction of sp³-hybridized carbons (Fsp3) is 0.160. The third-order valence-corrected chi connectivity index (χ3v) is 5.34. The first kappa shape index (κ1) is 17.6. The van der Waals surface area contributed by atoms with Gasteiger partial charge in [0.15, 0.2) is 5.76 Å². The van der Waals surface area contributed by atoms with Gasteiger partial charge in [0.05, 0.1) is 13.7 Å². The topological polar surface area (TPSA) is 48.7 Å². The quantitative estimate of drug-likeness (QED) is 0.426. The number of benzene rings is 3. The van der Waals surface area contributed by atoms with Gasteiger partial charge in [0.25, 0.3) is 0 Å². The first-order valence-electron chi connectivity index (χ1n) is 9.71. The maximum absolute atomic E-state index is 13.3. The van der Waals surface area contributed by atoms with Gasteiger partial charge in [0.1, 0.15) is 17.1 Å². The second-order valence-electron chi connectivity index (χ2n) is 7.14. The average molecular weight is 384 g/mol. The highest BCUT2D eigenvalue weighted by molar-refractivity contribution is 6.15. The van der Waals surface area contributed by atoms with E-state index >= 15 is 0 Å². The number of carbonyl (C=O) groups is 1. The minimum atomic E-state index is -0.133. The third-order valence-electron chi connectivity index (χ3n) is 5.34. The van der Waals surface area contributed by atoms with Crippen molar-refractivity contribution >= 4 is 16.8 Å². The molecule has 1 aliphatic heterocycles. The summed E-state index contributed by atoms with van der Waals surface area (Å²) in [5, 5.41) is 0.929. The highest BCUT2D eigenvalue weighted by atomic mass is 16.5. The zero-order valence-corrected chi connectivity index (χ0v) is 16.1. The van der Waals surface area contributed by atoms with Gasteiger partial charge in [-0.3, -0.25) is 4.79 Å². The Hall–Kier alpha value is -3.53. The van der Waals surface area contributed by atoms with Crippen molar-refractivity contribution in [2.75, 3.05) is 13.7 Å². The lowest BCUT2D eigenvalue weighted by molar-refractivity contribution is 0.101. The van der Waals surface area contributed by atoms with E-state index in [0.717, 1.165) is 46.4 Å². The number of hydrogen-bond donors (Lipinski definition) is 0. The third kappa shape index (κ3) is 3.07. The van der Waals surface area contributed by atoms with E-state index in [1.807, 2.05) is 60.7 Å². The number of furan rings is 1. The standard InChI is InChI=1S/C25H20O4/c1-27-19-11-9-16(10-12-19)23-20-14-18-8-5-13-28-21(18)15-22(20)29-25(23)24(26)17-6-3-2-4-7-17/h2-4,6-7,9-12,14-15H,5,8,13H2,1H3. The van der Waals surface area contributed by atoms with Crippen molar-refractivity contribution in [1.82, 2.24) is 0 Å². The Balaban J connectivity index is 1.75. The lowest BCUT2D eigenvalue weighted by Crippen LogP contribution is -2.07. The number of aryl methyl sites for hydroxylation is 1. The summed E-state index contributed by atoms with van der Waals surface area (Å²) in [6.45, 7) is 0.709. The van der Waals surface area contributed by atoms with Crippen LogP contribution in [0.5, 0.6) is 11.5 Å². The number of ketones is 1. The van der Waals surface area contributed by atoms with E-state index in [1.54, 1.807) is 7.11 Å². The molecule has 144 valence electrons. The molecule has 0 fully saturated rings. The van der Waals surface area contributed by atoms with Gasteiger partial charge in [0.2, 0.25) is 5.78 Å². The normalized spacial score (nSPS) is 13.0. The molecule has 4 nitrogen and oxygen atoms in total. The van der Waals surface area contributed by atoms with Crippen LogP contribution in [0.3, 0.4) is 0 Å². The number of carbonyl (C=O) groups excluding carboxylic acids is 1. The summed E-state index contributed by atoms with van der Waals surface area (Å²) in [5.74, 6) is 1.82. The Morgan fingerprint density at radius 1 is 1.00 bits per heavy atom. The summed E-state index contributed by atoms with van der Waals surface area (Å²) < 4.78 is 17.2. The van der Waals surface area contributed by atoms with Gasteiger partial charge >= 0.3 is 0 Å². The molecule has 0 amide bonds. The van der Waals surface area contributed by atoms with Crippen LogP contribution in [-0.2, 0) is 6.42 Å². The van der Waals surface area contributed by atoms with Crippen LogP contribution in [0.1, 0.15) is 28.1 Å². The minimum Gasteiger partial charge on any atom is -0.497 e. The maximum Gasteiger partial charge on any atom is 0.228 e. The van der Waals surface area contributed by atoms with E-state index in [1.165, 1.54) is 0 Å². The van der Waals surface area contributed by atoms with Crippen LogP contribution >= 0.6 is 0 Å². The van der Waals surface area contributed by atoms with Crippen LogP contribution in [0, 0.1) is 0 Å². The van der Waals surface area contributed by atoms with Crippen LogP contribution in [0.15, 0.2) is 71.1 Å². The van der Waals surface area contributed by atoms with Gasteiger partial charge in [-0.15, -0.1) is 0 Å². The van der Waals surface area contributed by atoms with Gasteiger partial charge in [-0.1, -0.05) is 42.5 Å². The molecule has 0 aliphatic carbocycles. The van der Waals surface area contributed by atoms with Crippen LogP contribution in [-0.4, -0.2) is 19.5 Å². The average Bonchev–Trinajstić information content (AvgIpc) is 3.15. The summed E-state index contributed by atoms with van der Waals surface area (Å²) in [4.78, 5) is 13.3. The summed E-state index contributed by atoms with van der Waals surface area (Å²) in [5.41, 5.74) is 4.14. The van der Waals surface area contributed by atoms with Crippen molar-refractivity contribution in [2.45, 2.75) is 12.8 Å². The van der Waals surface area contributed by atoms with Gasteiger partial charge in [0, 0.05) is 22.6 Å². The van der Waals surface area contributed by atoms with Crippen molar-refractivity contribution in [3.8, 4) is 22.6 Å². The molecule has 0 atom stereocenters. The molecule has 0 saturated carbocycles. The van der Waals surface area contributed by atoms with Gasteiger partial charge in [-0.05, 0) is 42.2 Å². The molecule has 1 aromatic heterocycles. The van der Waals surface area contributed by atoms with Crippen molar-refractivity contribution in [3.63, 3.8) is 0 Å². The Morgan fingerprint density at radius 3 is 2.55 bits per heavy atom. The Kier molecular flexibility index (Phi) is 4.32. The number of methoxy groups -OCH3 is 1. The minimum absolute atomic E-state index is 0.133. The SMILES string of the molecule is COc1ccc(-c2c(C(=O)c3ccccc3)oc3cc4c(cc23)CCCO4)cc1. The van der Waals surface area contributed by atoms with Gasteiger partial charge in [-0.25, -0.2) is 0 Å². The van der Waals surface area contributed by atoms with Crippen LogP contribution < -0.4 is 9.47 Å². The number of ether oxygens (including phenoxy) is 2. The molecule has 0 unspecified atom stereocenters. The summed E-state index contributed by atoms with van der Waals surface area (Å²) in [7, 11) is 1.64. The van der Waals surface area contributed by atoms with E-state index in [-0.39, 0.29) is 5.78 Å². The molecule has 3 aromatic carbocycles. The van der Waals surface area contributed by atoms with Crippen molar-refractivity contribution in [2.24, 2.45) is 0 Å². The Morgan fingerprint density at radius 2 is 1.79 bits per heavy atom. The van der Waals surface area contributed by atoms with Crippen LogP contribution in [0.25, 0.3) is 22.1 Å². The highest BCUT2D eigenvalue weighted by Crippen LogP contribution is 2.40. The molecule has 29 heavy (non-hydrogen) atoms. The highest BCUT2D eigenvalue weighted by Gasteiger charge is 2.25. The second kappa shape index (κ2) is 7.13. The zero-order valence-electron chi connectivity index (χ0n) is 16.1. The molecule has 0 radical (unpaired) electrons. The molecule has 0 saturated heterocycles. The van der Waals surface area contributed by atoms with E-state index in [2.05, 4.69) is 6.07 Å². The van der Waals surface area contributed by atoms with Gasteiger partial charge in [-0.2, -0.15) is 0 Å². The molecule has 4 aromatic rings. The van der Waals surface area contributed by atoms with Crippen molar-refractivity contribution in [1.29, 1.82) is 0 Å². The first-order valence-corrected chi connectivity index (χ1v) is 9.71. The number of rotatable bonds is 4. The predicted octanol–water partition coefficient (Wildman–Crippen LogP) is 5.66. The van der Waals surface area contributed by atoms with E-state index in [9.17, 15) is 4.79 Å². The molecule has 2 heterocycles. The molecule has 0 spiro atoms. The fourth-order valence-corrected chi connectivity index (χ4v) is 3.87. The molecule has 0 bridgehead atoms. The number of fused-ring (bicyclic) bond motifs is 2. The molecule has 0 N–H and O–H groups in total. The molecular formula is C25H20O4. The summed E-state index contributed by atoms with van der Waals surface area (Å²) in [6, 6.07) is 21.0. The summed E-state index contributed by atoms with van der Waals surface area (Å²) in [6.07, 6.45) is 1.95. The van der Waals surface area contributed by atoms with Crippen LogP contribution in [0.2, 0.25) is 0 Å². The van der Waals surface area contributed by atoms with E-state index < -0.39 is 0 Å². The summed E-state index contributed by atoms with van der Waals surface area (Å²) >= 11 is 0. The van der Waals surface area contributed by atoms with Gasteiger partial charge < -0.3 is 13.9 Å². The second-order valence-corrected chi connectivity index (χ2v) is 7.14. The molecule has 4 heteroatoms. The lowest BCUT2D eigenvalue weighted by Gasteiger charge is -2.16. The predicted molar refractivity (Wildman–Crippen MR) is 112 cm³/mol. The smallest absolute Gasteiger partial charge is 0.228 e. The van der Waals surface area contributed by atoms with E-state index in [0.29, 0.717) is 23.5 Å². The molecule has 5 rings (SSSR count). The monoisotopic (exact) mass is 384 g/mol. The Labute approximate surface area is 168 Å². The van der Waals surface area contributed by atoms with Crippen molar-refractivity contribution < 1.29 is 18.7 Å². The fourth-order valence-electron chi connectivity index (χ4n) is 3.87. The van der Waals surface area contributed by atoms with Crippen LogP contribution in [0.4, 0.5) is 0 Å².